The number of benzene rings is 1. The quantitative estimate of drug-likeness (QED) is 0.629. The molecule has 1 aromatic carbocycles. The van der Waals surface area contributed by atoms with Gasteiger partial charge in [-0.25, -0.2) is 0 Å². The molecule has 0 N–H and O–H groups in total. The topological polar surface area (TPSA) is 55.8 Å². The zero-order valence-electron chi connectivity index (χ0n) is 13.1. The minimum atomic E-state index is -0.677. The van der Waals surface area contributed by atoms with Gasteiger partial charge in [0.1, 0.15) is 11.5 Å². The average Bonchev–Trinajstić information content (AvgIpc) is 3.22. The monoisotopic (exact) mass is 313 g/mol. The SMILES string of the molecule is COC(=O)C1[C@H]2C(=O)N(C(C)c3ccccc3)C[C@]23C=C[C@H]1O3. The second-order valence-electron chi connectivity index (χ2n) is 6.48. The van der Waals surface area contributed by atoms with Crippen molar-refractivity contribution < 1.29 is 19.1 Å². The number of hydrogen-bond donors (Lipinski definition) is 0. The molecule has 0 saturated carbocycles. The number of likely N-dealkylation sites (tertiary alicyclic amines) is 1. The average molecular weight is 313 g/mol. The first-order valence-corrected chi connectivity index (χ1v) is 7.88. The molecule has 120 valence electrons. The Morgan fingerprint density at radius 2 is 2.13 bits per heavy atom. The summed E-state index contributed by atoms with van der Waals surface area (Å²) < 4.78 is 10.9. The molecule has 2 fully saturated rings. The van der Waals surface area contributed by atoms with Crippen molar-refractivity contribution in [2.45, 2.75) is 24.7 Å². The van der Waals surface area contributed by atoms with Crippen LogP contribution in [0.15, 0.2) is 42.5 Å². The Morgan fingerprint density at radius 3 is 2.83 bits per heavy atom. The number of hydrogen-bond acceptors (Lipinski definition) is 4. The van der Waals surface area contributed by atoms with E-state index in [0.717, 1.165) is 5.56 Å². The Morgan fingerprint density at radius 1 is 1.39 bits per heavy atom. The Hall–Kier alpha value is -2.14. The van der Waals surface area contributed by atoms with Crippen molar-refractivity contribution in [1.29, 1.82) is 0 Å². The number of nitrogens with zero attached hydrogens (tertiary/aromatic N) is 1. The van der Waals surface area contributed by atoms with Gasteiger partial charge in [0.2, 0.25) is 5.91 Å². The van der Waals surface area contributed by atoms with E-state index in [0.29, 0.717) is 6.54 Å². The Balaban J connectivity index is 1.67. The molecule has 3 heterocycles. The van der Waals surface area contributed by atoms with E-state index >= 15 is 0 Å². The number of methoxy groups -OCH3 is 1. The molecule has 5 heteroatoms. The molecule has 1 spiro atoms. The maximum atomic E-state index is 13.0. The third-order valence-electron chi connectivity index (χ3n) is 5.35. The van der Waals surface area contributed by atoms with Gasteiger partial charge in [-0.3, -0.25) is 9.59 Å². The van der Waals surface area contributed by atoms with Gasteiger partial charge in [0, 0.05) is 0 Å². The minimum absolute atomic E-state index is 0.0244. The number of carbonyl (C=O) groups excluding carboxylic acids is 2. The highest BCUT2D eigenvalue weighted by Gasteiger charge is 2.67. The summed E-state index contributed by atoms with van der Waals surface area (Å²) in [6.45, 7) is 2.49. The first-order valence-electron chi connectivity index (χ1n) is 7.88. The van der Waals surface area contributed by atoms with E-state index in [-0.39, 0.29) is 24.0 Å². The number of ether oxygens (including phenoxy) is 2. The zero-order chi connectivity index (χ0) is 16.2. The lowest BCUT2D eigenvalue weighted by Gasteiger charge is -2.27. The van der Waals surface area contributed by atoms with Crippen LogP contribution in [0.3, 0.4) is 0 Å². The molecule has 1 aromatic rings. The molecule has 0 aliphatic carbocycles. The summed E-state index contributed by atoms with van der Waals surface area (Å²) in [6, 6.07) is 9.84. The molecule has 0 radical (unpaired) electrons. The van der Waals surface area contributed by atoms with Crippen molar-refractivity contribution in [2.75, 3.05) is 13.7 Å². The molecule has 0 aromatic heterocycles. The lowest BCUT2D eigenvalue weighted by Crippen LogP contribution is -2.39. The van der Waals surface area contributed by atoms with E-state index in [2.05, 4.69) is 0 Å². The Bertz CT molecular complexity index is 686. The summed E-state index contributed by atoms with van der Waals surface area (Å²) in [5, 5.41) is 0. The van der Waals surface area contributed by atoms with Crippen LogP contribution in [-0.4, -0.2) is 42.1 Å². The predicted molar refractivity (Wildman–Crippen MR) is 82.3 cm³/mol. The van der Waals surface area contributed by atoms with Gasteiger partial charge in [0.05, 0.1) is 31.7 Å². The number of fused-ring (bicyclic) bond motifs is 1. The smallest absolute Gasteiger partial charge is 0.312 e. The largest absolute Gasteiger partial charge is 0.469 e. The summed E-state index contributed by atoms with van der Waals surface area (Å²) in [7, 11) is 1.36. The highest BCUT2D eigenvalue weighted by Crippen LogP contribution is 2.53. The van der Waals surface area contributed by atoms with Crippen LogP contribution in [0.5, 0.6) is 0 Å². The normalized spacial score (nSPS) is 35.5. The second kappa shape index (κ2) is 4.93. The van der Waals surface area contributed by atoms with Crippen LogP contribution in [0.4, 0.5) is 0 Å². The van der Waals surface area contributed by atoms with E-state index < -0.39 is 17.4 Å². The van der Waals surface area contributed by atoms with Crippen LogP contribution in [0, 0.1) is 11.8 Å². The van der Waals surface area contributed by atoms with Gasteiger partial charge in [0.15, 0.2) is 0 Å². The maximum Gasteiger partial charge on any atom is 0.312 e. The number of rotatable bonds is 3. The molecule has 2 saturated heterocycles. The van der Waals surface area contributed by atoms with Gasteiger partial charge in [-0.15, -0.1) is 0 Å². The molecule has 4 rings (SSSR count). The number of carbonyl (C=O) groups is 2. The lowest BCUT2D eigenvalue weighted by atomic mass is 9.77. The van der Waals surface area contributed by atoms with Gasteiger partial charge >= 0.3 is 5.97 Å². The van der Waals surface area contributed by atoms with Crippen molar-refractivity contribution >= 4 is 11.9 Å². The fraction of sp³-hybridized carbons (Fsp3) is 0.444. The van der Waals surface area contributed by atoms with Gasteiger partial charge in [-0.05, 0) is 12.5 Å². The molecule has 23 heavy (non-hydrogen) atoms. The van der Waals surface area contributed by atoms with Crippen LogP contribution < -0.4 is 0 Å². The van der Waals surface area contributed by atoms with Gasteiger partial charge < -0.3 is 14.4 Å². The van der Waals surface area contributed by atoms with E-state index in [9.17, 15) is 9.59 Å². The third-order valence-corrected chi connectivity index (χ3v) is 5.35. The molecule has 5 nitrogen and oxygen atoms in total. The second-order valence-corrected chi connectivity index (χ2v) is 6.48. The van der Waals surface area contributed by atoms with Crippen LogP contribution >= 0.6 is 0 Å². The summed E-state index contributed by atoms with van der Waals surface area (Å²) in [5.74, 6) is -1.40. The Labute approximate surface area is 134 Å². The molecular formula is C18H19NO4. The van der Waals surface area contributed by atoms with Crippen molar-refractivity contribution in [3.05, 3.63) is 48.0 Å². The summed E-state index contributed by atoms with van der Waals surface area (Å²) >= 11 is 0. The van der Waals surface area contributed by atoms with Gasteiger partial charge in [0.25, 0.3) is 0 Å². The summed E-state index contributed by atoms with van der Waals surface area (Å²) in [4.78, 5) is 27.0. The Kier molecular flexibility index (Phi) is 3.10. The maximum absolute atomic E-state index is 13.0. The molecule has 3 aliphatic heterocycles. The highest BCUT2D eigenvalue weighted by molar-refractivity contribution is 5.91. The molecule has 2 bridgehead atoms. The fourth-order valence-electron chi connectivity index (χ4n) is 4.17. The van der Waals surface area contributed by atoms with Gasteiger partial charge in [-0.2, -0.15) is 0 Å². The van der Waals surface area contributed by atoms with Crippen molar-refractivity contribution in [1.82, 2.24) is 4.90 Å². The van der Waals surface area contributed by atoms with Crippen LogP contribution in [0.2, 0.25) is 0 Å². The van der Waals surface area contributed by atoms with Crippen LogP contribution in [0.25, 0.3) is 0 Å². The number of esters is 1. The van der Waals surface area contributed by atoms with Crippen LogP contribution in [0.1, 0.15) is 18.5 Å². The summed E-state index contributed by atoms with van der Waals surface area (Å²) in [6.07, 6.45) is 3.50. The molecule has 5 atom stereocenters. The van der Waals surface area contributed by atoms with E-state index in [1.165, 1.54) is 7.11 Å². The number of amides is 1. The predicted octanol–water partition coefficient (Wildman–Crippen LogP) is 1.70. The molecular weight excluding hydrogens is 294 g/mol. The van der Waals surface area contributed by atoms with Crippen LogP contribution in [-0.2, 0) is 19.1 Å². The fourth-order valence-corrected chi connectivity index (χ4v) is 4.17. The zero-order valence-corrected chi connectivity index (χ0v) is 13.1. The van der Waals surface area contributed by atoms with E-state index in [4.69, 9.17) is 9.47 Å². The van der Waals surface area contributed by atoms with E-state index in [1.54, 1.807) is 0 Å². The van der Waals surface area contributed by atoms with Gasteiger partial charge in [-0.1, -0.05) is 42.5 Å². The molecule has 2 unspecified atom stereocenters. The first-order chi connectivity index (χ1) is 11.1. The molecule has 1 amide bonds. The van der Waals surface area contributed by atoms with E-state index in [1.807, 2.05) is 54.3 Å². The lowest BCUT2D eigenvalue weighted by molar-refractivity contribution is -0.151. The van der Waals surface area contributed by atoms with Crippen molar-refractivity contribution in [3.8, 4) is 0 Å². The van der Waals surface area contributed by atoms with Crippen molar-refractivity contribution in [3.63, 3.8) is 0 Å². The standard InChI is InChI=1S/C18H19NO4/c1-11(12-6-4-3-5-7-12)19-10-18-9-8-13(23-18)14(17(21)22-2)15(18)16(19)20/h3-9,11,13-15H,10H2,1-2H3/t11?,13-,14?,15+,18-/m1/s1. The van der Waals surface area contributed by atoms with Crippen molar-refractivity contribution in [2.24, 2.45) is 11.8 Å². The summed E-state index contributed by atoms with van der Waals surface area (Å²) in [5.41, 5.74) is 0.397. The third kappa shape index (κ3) is 1.89. The highest BCUT2D eigenvalue weighted by atomic mass is 16.5. The first kappa shape index (κ1) is 14.5. The molecule has 3 aliphatic rings. The minimum Gasteiger partial charge on any atom is -0.469 e.